The lowest BCUT2D eigenvalue weighted by Crippen LogP contribution is -2.23. The number of halogens is 1. The first-order valence-electron chi connectivity index (χ1n) is 7.89. The molecule has 1 aromatic heterocycles. The lowest BCUT2D eigenvalue weighted by molar-refractivity contribution is -0.125. The van der Waals surface area contributed by atoms with E-state index in [4.69, 9.17) is 0 Å². The quantitative estimate of drug-likeness (QED) is 0.667. The van der Waals surface area contributed by atoms with E-state index < -0.39 is 0 Å². The molecule has 126 valence electrons. The van der Waals surface area contributed by atoms with E-state index in [9.17, 15) is 9.18 Å². The van der Waals surface area contributed by atoms with Crippen LogP contribution in [0.15, 0.2) is 73.1 Å². The molecule has 0 fully saturated rings. The normalized spacial score (nSPS) is 11.0. The molecule has 4 nitrogen and oxygen atoms in total. The van der Waals surface area contributed by atoms with Gasteiger partial charge in [0.2, 0.25) is 5.91 Å². The molecule has 0 aliphatic carbocycles. The van der Waals surface area contributed by atoms with Gasteiger partial charge in [0.15, 0.2) is 0 Å². The number of aromatic nitrogens is 2. The molecule has 0 aliphatic heterocycles. The van der Waals surface area contributed by atoms with Crippen molar-refractivity contribution in [1.82, 2.24) is 14.7 Å². The SMILES string of the molecule is CN(Cc1cnn(-c2ccccc2)c1)C(=O)/C=C/c1cccc(F)c1. The molecule has 0 spiro atoms. The smallest absolute Gasteiger partial charge is 0.246 e. The van der Waals surface area contributed by atoms with Gasteiger partial charge in [0.05, 0.1) is 11.9 Å². The summed E-state index contributed by atoms with van der Waals surface area (Å²) in [5, 5.41) is 4.32. The first-order valence-corrected chi connectivity index (χ1v) is 7.89. The van der Waals surface area contributed by atoms with Crippen molar-refractivity contribution in [3.05, 3.63) is 90.0 Å². The topological polar surface area (TPSA) is 38.1 Å². The molecule has 0 saturated heterocycles. The highest BCUT2D eigenvalue weighted by Crippen LogP contribution is 2.10. The Balaban J connectivity index is 1.63. The minimum absolute atomic E-state index is 0.156. The number of carbonyl (C=O) groups is 1. The second-order valence-corrected chi connectivity index (χ2v) is 5.71. The number of hydrogen-bond donors (Lipinski definition) is 0. The molecule has 3 rings (SSSR count). The molecule has 0 radical (unpaired) electrons. The monoisotopic (exact) mass is 335 g/mol. The standard InChI is InChI=1S/C20H18FN3O/c1-23(20(25)11-10-16-6-5-7-18(21)12-16)14-17-13-22-24(15-17)19-8-3-2-4-9-19/h2-13,15H,14H2,1H3/b11-10+. The Morgan fingerprint density at radius 3 is 2.76 bits per heavy atom. The number of likely N-dealkylation sites (N-methyl/N-ethyl adjacent to an activating group) is 1. The van der Waals surface area contributed by atoms with Crippen LogP contribution in [-0.2, 0) is 11.3 Å². The van der Waals surface area contributed by atoms with Crippen LogP contribution in [0.1, 0.15) is 11.1 Å². The number of benzene rings is 2. The lowest BCUT2D eigenvalue weighted by Gasteiger charge is -2.13. The Labute approximate surface area is 145 Å². The summed E-state index contributed by atoms with van der Waals surface area (Å²) >= 11 is 0. The van der Waals surface area contributed by atoms with Gasteiger partial charge in [-0.15, -0.1) is 0 Å². The first-order chi connectivity index (χ1) is 12.1. The fraction of sp³-hybridized carbons (Fsp3) is 0.100. The van der Waals surface area contributed by atoms with Crippen molar-refractivity contribution in [3.8, 4) is 5.69 Å². The highest BCUT2D eigenvalue weighted by molar-refractivity contribution is 5.91. The second-order valence-electron chi connectivity index (χ2n) is 5.71. The maximum atomic E-state index is 13.1. The molecule has 1 amide bonds. The number of amides is 1. The van der Waals surface area contributed by atoms with E-state index in [0.29, 0.717) is 12.1 Å². The third-order valence-electron chi connectivity index (χ3n) is 3.72. The van der Waals surface area contributed by atoms with Crippen LogP contribution >= 0.6 is 0 Å². The van der Waals surface area contributed by atoms with Crippen LogP contribution in [0, 0.1) is 5.82 Å². The Morgan fingerprint density at radius 1 is 1.20 bits per heavy atom. The molecule has 5 heteroatoms. The van der Waals surface area contributed by atoms with E-state index in [1.165, 1.54) is 18.2 Å². The molecule has 0 atom stereocenters. The zero-order valence-corrected chi connectivity index (χ0v) is 13.8. The predicted molar refractivity (Wildman–Crippen MR) is 95.5 cm³/mol. The van der Waals surface area contributed by atoms with Crippen LogP contribution in [-0.4, -0.2) is 27.6 Å². The van der Waals surface area contributed by atoms with Crippen LogP contribution in [0.2, 0.25) is 0 Å². The molecule has 0 aliphatic rings. The molecule has 25 heavy (non-hydrogen) atoms. The Bertz CT molecular complexity index is 887. The van der Waals surface area contributed by atoms with Crippen molar-refractivity contribution in [3.63, 3.8) is 0 Å². The summed E-state index contributed by atoms with van der Waals surface area (Å²) in [5.41, 5.74) is 2.55. The van der Waals surface area contributed by atoms with Crippen molar-refractivity contribution in [2.24, 2.45) is 0 Å². The average Bonchev–Trinajstić information content (AvgIpc) is 3.09. The Kier molecular flexibility index (Phi) is 5.04. The van der Waals surface area contributed by atoms with Crippen LogP contribution in [0.3, 0.4) is 0 Å². The molecule has 3 aromatic rings. The molecule has 0 bridgehead atoms. The van der Waals surface area contributed by atoms with Crippen molar-refractivity contribution >= 4 is 12.0 Å². The maximum Gasteiger partial charge on any atom is 0.246 e. The Hall–Kier alpha value is -3.21. The number of carbonyl (C=O) groups excluding carboxylic acids is 1. The number of nitrogens with zero attached hydrogens (tertiary/aromatic N) is 3. The lowest BCUT2D eigenvalue weighted by atomic mass is 10.2. The molecule has 0 N–H and O–H groups in total. The van der Waals surface area contributed by atoms with Gasteiger partial charge in [0.1, 0.15) is 5.82 Å². The molecule has 2 aromatic carbocycles. The first kappa shape index (κ1) is 16.6. The number of hydrogen-bond acceptors (Lipinski definition) is 2. The molecular weight excluding hydrogens is 317 g/mol. The van der Waals surface area contributed by atoms with Gasteiger partial charge in [-0.2, -0.15) is 5.10 Å². The summed E-state index contributed by atoms with van der Waals surface area (Å²) in [4.78, 5) is 13.8. The highest BCUT2D eigenvalue weighted by Gasteiger charge is 2.08. The van der Waals surface area contributed by atoms with Crippen LogP contribution in [0.25, 0.3) is 11.8 Å². The fourth-order valence-corrected chi connectivity index (χ4v) is 2.42. The third-order valence-corrected chi connectivity index (χ3v) is 3.72. The number of para-hydroxylation sites is 1. The zero-order chi connectivity index (χ0) is 17.6. The van der Waals surface area contributed by atoms with Crippen molar-refractivity contribution in [2.75, 3.05) is 7.05 Å². The Morgan fingerprint density at radius 2 is 2.00 bits per heavy atom. The molecular formula is C20H18FN3O. The zero-order valence-electron chi connectivity index (χ0n) is 13.8. The van der Waals surface area contributed by atoms with Crippen LogP contribution in [0.4, 0.5) is 4.39 Å². The van der Waals surface area contributed by atoms with Gasteiger partial charge in [-0.3, -0.25) is 4.79 Å². The summed E-state index contributed by atoms with van der Waals surface area (Å²) in [7, 11) is 1.72. The fourth-order valence-electron chi connectivity index (χ4n) is 2.42. The molecule has 0 saturated carbocycles. The summed E-state index contributed by atoms with van der Waals surface area (Å²) in [6, 6.07) is 15.9. The van der Waals surface area contributed by atoms with Gasteiger partial charge in [-0.25, -0.2) is 9.07 Å². The summed E-state index contributed by atoms with van der Waals surface area (Å²) in [6.07, 6.45) is 6.69. The van der Waals surface area contributed by atoms with Crippen LogP contribution < -0.4 is 0 Å². The minimum atomic E-state index is -0.323. The predicted octanol–water partition coefficient (Wildman–Crippen LogP) is 3.68. The van der Waals surface area contributed by atoms with Crippen LogP contribution in [0.5, 0.6) is 0 Å². The number of rotatable bonds is 5. The van der Waals surface area contributed by atoms with Gasteiger partial charge in [0, 0.05) is 31.4 Å². The van der Waals surface area contributed by atoms with E-state index in [2.05, 4.69) is 5.10 Å². The van der Waals surface area contributed by atoms with Crippen molar-refractivity contribution in [1.29, 1.82) is 0 Å². The summed E-state index contributed by atoms with van der Waals surface area (Å²) in [6.45, 7) is 0.444. The van der Waals surface area contributed by atoms with Gasteiger partial charge >= 0.3 is 0 Å². The second kappa shape index (κ2) is 7.57. The maximum absolute atomic E-state index is 13.1. The van der Waals surface area contributed by atoms with Gasteiger partial charge < -0.3 is 4.90 Å². The molecule has 1 heterocycles. The summed E-state index contributed by atoms with van der Waals surface area (Å²) in [5.74, 6) is -0.479. The molecule has 0 unspecified atom stereocenters. The minimum Gasteiger partial charge on any atom is -0.338 e. The van der Waals surface area contributed by atoms with Crippen molar-refractivity contribution < 1.29 is 9.18 Å². The van der Waals surface area contributed by atoms with E-state index in [1.54, 1.807) is 41.0 Å². The summed E-state index contributed by atoms with van der Waals surface area (Å²) < 4.78 is 14.9. The highest BCUT2D eigenvalue weighted by atomic mass is 19.1. The average molecular weight is 335 g/mol. The van der Waals surface area contributed by atoms with Gasteiger partial charge in [-0.05, 0) is 35.9 Å². The van der Waals surface area contributed by atoms with E-state index >= 15 is 0 Å². The van der Waals surface area contributed by atoms with E-state index in [1.807, 2.05) is 36.5 Å². The van der Waals surface area contributed by atoms with Gasteiger partial charge in [0.25, 0.3) is 0 Å². The van der Waals surface area contributed by atoms with E-state index in [-0.39, 0.29) is 11.7 Å². The van der Waals surface area contributed by atoms with E-state index in [0.717, 1.165) is 11.3 Å². The third kappa shape index (κ3) is 4.41. The van der Waals surface area contributed by atoms with Gasteiger partial charge in [-0.1, -0.05) is 30.3 Å². The van der Waals surface area contributed by atoms with Crippen molar-refractivity contribution in [2.45, 2.75) is 6.54 Å². The largest absolute Gasteiger partial charge is 0.338 e.